The lowest BCUT2D eigenvalue weighted by Gasteiger charge is -2.27. The van der Waals surface area contributed by atoms with Gasteiger partial charge in [0.2, 0.25) is 0 Å². The molecule has 0 fully saturated rings. The van der Waals surface area contributed by atoms with E-state index in [9.17, 15) is 8.78 Å². The van der Waals surface area contributed by atoms with Crippen LogP contribution in [0.2, 0.25) is 0 Å². The lowest BCUT2D eigenvalue weighted by atomic mass is 9.98. The smallest absolute Gasteiger partial charge is 0.161 e. The molecular weight excluding hydrogens is 300 g/mol. The van der Waals surface area contributed by atoms with Gasteiger partial charge >= 0.3 is 0 Å². The molecule has 122 valence electrons. The molecule has 0 saturated carbocycles. The quantitative estimate of drug-likeness (QED) is 0.933. The topological polar surface area (TPSA) is 22.9 Å². The van der Waals surface area contributed by atoms with E-state index in [0.29, 0.717) is 6.54 Å². The van der Waals surface area contributed by atoms with Crippen molar-refractivity contribution < 1.29 is 23.2 Å². The van der Waals surface area contributed by atoms with Crippen molar-refractivity contribution in [2.24, 2.45) is 0 Å². The largest absolute Gasteiger partial charge is 0.493 e. The molecule has 1 heterocycles. The summed E-state index contributed by atoms with van der Waals surface area (Å²) in [6.07, 6.45) is 0.925. The fourth-order valence-electron chi connectivity index (χ4n) is 3.12. The molecule has 0 aromatic heterocycles. The second-order valence-corrected chi connectivity index (χ2v) is 5.83. The van der Waals surface area contributed by atoms with Crippen LogP contribution in [-0.2, 0) is 19.5 Å². The fraction of sp³-hybridized carbons (Fsp3) is 0.333. The van der Waals surface area contributed by atoms with E-state index in [1.54, 1.807) is 20.3 Å². The molecule has 1 aliphatic heterocycles. The molecule has 23 heavy (non-hydrogen) atoms. The average Bonchev–Trinajstić information content (AvgIpc) is 2.56. The van der Waals surface area contributed by atoms with Gasteiger partial charge in [-0.3, -0.25) is 0 Å². The number of nitrogens with one attached hydrogen (secondary N) is 1. The minimum Gasteiger partial charge on any atom is -0.493 e. The van der Waals surface area contributed by atoms with Gasteiger partial charge in [-0.15, -0.1) is 0 Å². The van der Waals surface area contributed by atoms with Crippen LogP contribution < -0.4 is 14.4 Å². The number of methoxy groups -OCH3 is 2. The molecule has 3 nitrogen and oxygen atoms in total. The molecule has 1 atom stereocenters. The molecule has 5 heteroatoms. The Morgan fingerprint density at radius 3 is 2.30 bits per heavy atom. The maximum atomic E-state index is 13.3. The maximum absolute atomic E-state index is 13.3. The van der Waals surface area contributed by atoms with Crippen LogP contribution in [0.5, 0.6) is 11.5 Å². The normalized spacial score (nSPS) is 16.8. The monoisotopic (exact) mass is 320 g/mol. The summed E-state index contributed by atoms with van der Waals surface area (Å²) in [6.45, 7) is 2.45. The number of ether oxygens (including phenoxy) is 2. The first kappa shape index (κ1) is 15.7. The van der Waals surface area contributed by atoms with E-state index in [1.165, 1.54) is 28.2 Å². The zero-order valence-corrected chi connectivity index (χ0v) is 13.3. The van der Waals surface area contributed by atoms with Crippen molar-refractivity contribution in [1.82, 2.24) is 0 Å². The molecule has 2 aromatic rings. The third-order valence-electron chi connectivity index (χ3n) is 4.33. The molecule has 0 aliphatic carbocycles. The first-order valence-electron chi connectivity index (χ1n) is 7.62. The molecule has 3 rings (SSSR count). The molecule has 0 bridgehead atoms. The van der Waals surface area contributed by atoms with E-state index in [2.05, 4.69) is 0 Å². The Morgan fingerprint density at radius 2 is 1.65 bits per heavy atom. The van der Waals surface area contributed by atoms with Gasteiger partial charge in [-0.1, -0.05) is 6.07 Å². The summed E-state index contributed by atoms with van der Waals surface area (Å²) >= 11 is 0. The van der Waals surface area contributed by atoms with Crippen molar-refractivity contribution in [3.63, 3.8) is 0 Å². The Kier molecular flexibility index (Phi) is 4.48. The Balaban J connectivity index is 1.78. The Labute approximate surface area is 134 Å². The van der Waals surface area contributed by atoms with Crippen molar-refractivity contribution >= 4 is 0 Å². The highest BCUT2D eigenvalue weighted by Gasteiger charge is 2.22. The van der Waals surface area contributed by atoms with Gasteiger partial charge in [-0.05, 0) is 29.8 Å². The van der Waals surface area contributed by atoms with E-state index in [0.717, 1.165) is 36.6 Å². The molecule has 1 aliphatic rings. The van der Waals surface area contributed by atoms with Crippen molar-refractivity contribution in [3.05, 3.63) is 58.7 Å². The number of benzene rings is 2. The summed E-state index contributed by atoms with van der Waals surface area (Å²) in [7, 11) is 3.26. The van der Waals surface area contributed by atoms with E-state index in [4.69, 9.17) is 9.47 Å². The summed E-state index contributed by atoms with van der Waals surface area (Å²) in [5.74, 6) is -0.120. The van der Waals surface area contributed by atoms with Crippen LogP contribution in [0.25, 0.3) is 0 Å². The highest BCUT2D eigenvalue weighted by atomic mass is 19.2. The number of hydrogen-bond acceptors (Lipinski definition) is 2. The summed E-state index contributed by atoms with van der Waals surface area (Å²) in [4.78, 5) is 1.32. The number of fused-ring (bicyclic) bond motifs is 1. The zero-order valence-electron chi connectivity index (χ0n) is 13.3. The number of halogens is 2. The van der Waals surface area contributed by atoms with Crippen molar-refractivity contribution in [1.29, 1.82) is 0 Å². The number of quaternary nitrogens is 1. The molecule has 0 radical (unpaired) electrons. The molecule has 0 spiro atoms. The molecule has 1 unspecified atom stereocenters. The van der Waals surface area contributed by atoms with E-state index >= 15 is 0 Å². The highest BCUT2D eigenvalue weighted by molar-refractivity contribution is 5.47. The second-order valence-electron chi connectivity index (χ2n) is 5.83. The Hall–Kier alpha value is -2.14. The van der Waals surface area contributed by atoms with Crippen molar-refractivity contribution in [2.75, 3.05) is 20.8 Å². The molecule has 2 aromatic carbocycles. The van der Waals surface area contributed by atoms with Gasteiger partial charge in [0.15, 0.2) is 23.1 Å². The van der Waals surface area contributed by atoms with Crippen LogP contribution in [0, 0.1) is 11.6 Å². The van der Waals surface area contributed by atoms with Gasteiger partial charge in [0, 0.05) is 17.5 Å². The van der Waals surface area contributed by atoms with Gasteiger partial charge in [-0.2, -0.15) is 0 Å². The molecule has 0 saturated heterocycles. The average molecular weight is 320 g/mol. The van der Waals surface area contributed by atoms with Gasteiger partial charge in [0.1, 0.15) is 13.1 Å². The summed E-state index contributed by atoms with van der Waals surface area (Å²) < 4.78 is 37.1. The molecular formula is C18H20F2NO2+. The van der Waals surface area contributed by atoms with Crippen molar-refractivity contribution in [3.8, 4) is 11.5 Å². The number of rotatable bonds is 4. The fourth-order valence-corrected chi connectivity index (χ4v) is 3.12. The Bertz CT molecular complexity index is 718. The molecule has 0 amide bonds. The predicted molar refractivity (Wildman–Crippen MR) is 82.8 cm³/mol. The third-order valence-corrected chi connectivity index (χ3v) is 4.33. The number of hydrogen-bond donors (Lipinski definition) is 1. The van der Waals surface area contributed by atoms with Crippen molar-refractivity contribution in [2.45, 2.75) is 19.5 Å². The van der Waals surface area contributed by atoms with Crippen LogP contribution in [0.4, 0.5) is 8.78 Å². The zero-order chi connectivity index (χ0) is 16.4. The van der Waals surface area contributed by atoms with Crippen LogP contribution in [0.1, 0.15) is 16.7 Å². The van der Waals surface area contributed by atoms with Crippen LogP contribution in [0.3, 0.4) is 0 Å². The first-order chi connectivity index (χ1) is 11.1. The van der Waals surface area contributed by atoms with Gasteiger partial charge < -0.3 is 14.4 Å². The lowest BCUT2D eigenvalue weighted by molar-refractivity contribution is -0.929. The Morgan fingerprint density at radius 1 is 0.957 bits per heavy atom. The van der Waals surface area contributed by atoms with Crippen LogP contribution >= 0.6 is 0 Å². The van der Waals surface area contributed by atoms with E-state index in [1.807, 2.05) is 12.1 Å². The minimum atomic E-state index is -0.801. The molecule has 1 N–H and O–H groups in total. The summed E-state index contributed by atoms with van der Waals surface area (Å²) in [5.41, 5.74) is 3.28. The SMILES string of the molecule is COc1cc2c(cc1OC)C[NH+](Cc1ccc(F)c(F)c1)CC2. The van der Waals surface area contributed by atoms with Gasteiger partial charge in [0.25, 0.3) is 0 Å². The maximum Gasteiger partial charge on any atom is 0.161 e. The third kappa shape index (κ3) is 3.29. The minimum absolute atomic E-state index is 0.672. The van der Waals surface area contributed by atoms with E-state index in [-0.39, 0.29) is 0 Å². The predicted octanol–water partition coefficient (Wildman–Crippen LogP) is 2.12. The van der Waals surface area contributed by atoms with Crippen LogP contribution in [-0.4, -0.2) is 20.8 Å². The summed E-state index contributed by atoms with van der Waals surface area (Å²) in [6, 6.07) is 8.17. The van der Waals surface area contributed by atoms with Gasteiger partial charge in [-0.25, -0.2) is 8.78 Å². The van der Waals surface area contributed by atoms with Gasteiger partial charge in [0.05, 0.1) is 20.8 Å². The highest BCUT2D eigenvalue weighted by Crippen LogP contribution is 2.31. The van der Waals surface area contributed by atoms with Crippen LogP contribution in [0.15, 0.2) is 30.3 Å². The van der Waals surface area contributed by atoms with E-state index < -0.39 is 11.6 Å². The second kappa shape index (κ2) is 6.54. The lowest BCUT2D eigenvalue weighted by Crippen LogP contribution is -3.10. The standard InChI is InChI=1S/C18H19F2NO2/c1-22-17-8-13-5-6-21(11-14(13)9-18(17)23-2)10-12-3-4-15(19)16(20)7-12/h3-4,7-9H,5-6,10-11H2,1-2H3/p+1. The summed E-state index contributed by atoms with van der Waals surface area (Å²) in [5, 5.41) is 0. The first-order valence-corrected chi connectivity index (χ1v) is 7.62.